The zero-order valence-electron chi connectivity index (χ0n) is 18.9. The molecule has 2 heterocycles. The molecule has 1 amide bonds. The molecule has 0 fully saturated rings. The summed E-state index contributed by atoms with van der Waals surface area (Å²) in [5, 5.41) is 0.447. The van der Waals surface area contributed by atoms with Crippen molar-refractivity contribution in [1.82, 2.24) is 14.5 Å². The number of hydrogen-bond donors (Lipinski definition) is 0. The van der Waals surface area contributed by atoms with Crippen LogP contribution in [0.5, 0.6) is 0 Å². The Morgan fingerprint density at radius 1 is 1.27 bits per heavy atom. The normalized spacial score (nSPS) is 11.8. The van der Waals surface area contributed by atoms with Crippen molar-refractivity contribution in [3.63, 3.8) is 0 Å². The van der Waals surface area contributed by atoms with Gasteiger partial charge in [-0.15, -0.1) is 0 Å². The van der Waals surface area contributed by atoms with Crippen LogP contribution in [-0.2, 0) is 33.4 Å². The number of carbonyl (C=O) groups is 1. The molecule has 0 saturated heterocycles. The zero-order valence-corrected chi connectivity index (χ0v) is 20.5. The molecule has 0 radical (unpaired) electrons. The monoisotopic (exact) mass is 493 g/mol. The van der Waals surface area contributed by atoms with E-state index in [1.807, 2.05) is 13.8 Å². The largest absolute Gasteiger partial charge is 0.459 e. The van der Waals surface area contributed by atoms with Crippen LogP contribution in [0.25, 0.3) is 0 Å². The molecule has 0 spiro atoms. The fraction of sp³-hybridized carbons (Fsp3) is 0.391. The molecule has 0 aliphatic heterocycles. The van der Waals surface area contributed by atoms with Gasteiger partial charge in [0.2, 0.25) is 15.0 Å². The van der Waals surface area contributed by atoms with Crippen LogP contribution < -0.4 is 0 Å². The molecule has 1 aromatic carbocycles. The smallest absolute Gasteiger partial charge is 0.289 e. The van der Waals surface area contributed by atoms with Crippen molar-refractivity contribution in [1.29, 1.82) is 0 Å². The third kappa shape index (κ3) is 6.46. The van der Waals surface area contributed by atoms with Crippen molar-refractivity contribution in [3.05, 3.63) is 70.9 Å². The fourth-order valence-corrected chi connectivity index (χ4v) is 5.14. The van der Waals surface area contributed by atoms with Crippen molar-refractivity contribution >= 4 is 27.3 Å². The van der Waals surface area contributed by atoms with Crippen LogP contribution in [0.3, 0.4) is 0 Å². The number of carbonyl (C=O) groups excluding carboxylic acids is 1. The van der Waals surface area contributed by atoms with E-state index in [9.17, 15) is 13.2 Å². The van der Waals surface area contributed by atoms with Crippen LogP contribution in [0.2, 0.25) is 5.02 Å². The summed E-state index contributed by atoms with van der Waals surface area (Å²) >= 11 is 6.02. The van der Waals surface area contributed by atoms with Crippen molar-refractivity contribution in [2.45, 2.75) is 37.8 Å². The van der Waals surface area contributed by atoms with Crippen LogP contribution in [-0.4, -0.2) is 49.0 Å². The quantitative estimate of drug-likeness (QED) is 0.400. The molecule has 3 rings (SSSR count). The van der Waals surface area contributed by atoms with E-state index in [2.05, 4.69) is 4.98 Å². The highest BCUT2D eigenvalue weighted by Crippen LogP contribution is 2.22. The number of amides is 1. The summed E-state index contributed by atoms with van der Waals surface area (Å²) in [6.07, 6.45) is 2.95. The van der Waals surface area contributed by atoms with Gasteiger partial charge in [0.1, 0.15) is 0 Å². The molecular weight excluding hydrogens is 466 g/mol. The van der Waals surface area contributed by atoms with Gasteiger partial charge in [-0.3, -0.25) is 4.79 Å². The summed E-state index contributed by atoms with van der Waals surface area (Å²) in [6, 6.07) is 9.99. The van der Waals surface area contributed by atoms with Gasteiger partial charge in [-0.05, 0) is 35.7 Å². The van der Waals surface area contributed by atoms with Crippen LogP contribution in [0.4, 0.5) is 0 Å². The van der Waals surface area contributed by atoms with Crippen LogP contribution in [0.1, 0.15) is 35.7 Å². The maximum absolute atomic E-state index is 13.3. The third-order valence-electron chi connectivity index (χ3n) is 4.91. The lowest BCUT2D eigenvalue weighted by Gasteiger charge is -2.23. The first kappa shape index (κ1) is 25.0. The number of sulfone groups is 1. The van der Waals surface area contributed by atoms with Gasteiger partial charge < -0.3 is 18.6 Å². The Morgan fingerprint density at radius 3 is 2.70 bits per heavy atom. The Balaban J connectivity index is 1.94. The number of ether oxygens (including phenoxy) is 1. The van der Waals surface area contributed by atoms with Crippen molar-refractivity contribution in [2.75, 3.05) is 20.3 Å². The lowest BCUT2D eigenvalue weighted by Crippen LogP contribution is -2.34. The fourth-order valence-electron chi connectivity index (χ4n) is 3.44. The molecule has 0 aliphatic carbocycles. The number of benzene rings is 1. The molecule has 0 bridgehead atoms. The van der Waals surface area contributed by atoms with E-state index in [1.165, 1.54) is 12.5 Å². The van der Waals surface area contributed by atoms with E-state index in [0.717, 1.165) is 0 Å². The minimum atomic E-state index is -3.76. The van der Waals surface area contributed by atoms with Gasteiger partial charge in [0.15, 0.2) is 5.76 Å². The maximum atomic E-state index is 13.3. The SMILES string of the molecule is COCCN(Cc1cnc(S(=O)(=O)Cc2cccc(Cl)c2)n1CC(C)C)C(=O)c1ccco1. The summed E-state index contributed by atoms with van der Waals surface area (Å²) in [6.45, 7) is 5.22. The number of halogens is 1. The van der Waals surface area contributed by atoms with Gasteiger partial charge in [-0.1, -0.05) is 37.6 Å². The lowest BCUT2D eigenvalue weighted by molar-refractivity contribution is 0.0644. The van der Waals surface area contributed by atoms with E-state index >= 15 is 0 Å². The lowest BCUT2D eigenvalue weighted by atomic mass is 10.2. The predicted octanol–water partition coefficient (Wildman–Crippen LogP) is 4.05. The van der Waals surface area contributed by atoms with Crippen molar-refractivity contribution in [2.24, 2.45) is 5.92 Å². The maximum Gasteiger partial charge on any atom is 0.289 e. The molecule has 0 unspecified atom stereocenters. The van der Waals surface area contributed by atoms with Gasteiger partial charge in [-0.2, -0.15) is 0 Å². The molecule has 8 nitrogen and oxygen atoms in total. The van der Waals surface area contributed by atoms with Crippen LogP contribution in [0, 0.1) is 5.92 Å². The topological polar surface area (TPSA) is 94.6 Å². The Kier molecular flexibility index (Phi) is 8.34. The Hall–Kier alpha value is -2.62. The first-order chi connectivity index (χ1) is 15.7. The van der Waals surface area contributed by atoms with Crippen molar-refractivity contribution < 1.29 is 22.4 Å². The summed E-state index contributed by atoms with van der Waals surface area (Å²) in [5.41, 5.74) is 1.20. The Bertz CT molecular complexity index is 1170. The average Bonchev–Trinajstić information content (AvgIpc) is 3.41. The first-order valence-corrected chi connectivity index (χ1v) is 12.6. The molecule has 0 aliphatic rings. The molecule has 0 atom stereocenters. The highest BCUT2D eigenvalue weighted by atomic mass is 35.5. The molecule has 3 aromatic rings. The molecule has 2 aromatic heterocycles. The summed E-state index contributed by atoms with van der Waals surface area (Å²) in [4.78, 5) is 18.8. The number of imidazole rings is 1. The van der Waals surface area contributed by atoms with Gasteiger partial charge >= 0.3 is 0 Å². The number of nitrogens with zero attached hydrogens (tertiary/aromatic N) is 3. The van der Waals surface area contributed by atoms with Crippen LogP contribution >= 0.6 is 11.6 Å². The van der Waals surface area contributed by atoms with E-state index in [-0.39, 0.29) is 35.0 Å². The van der Waals surface area contributed by atoms with E-state index in [0.29, 0.717) is 36.0 Å². The molecule has 33 heavy (non-hydrogen) atoms. The Labute approximate surface area is 199 Å². The van der Waals surface area contributed by atoms with Gasteiger partial charge in [0.25, 0.3) is 5.91 Å². The van der Waals surface area contributed by atoms with Gasteiger partial charge in [-0.25, -0.2) is 13.4 Å². The zero-order chi connectivity index (χ0) is 24.0. The standard InChI is InChI=1S/C23H28ClN3O5S/c1-17(2)14-27-20(15-26(9-11-31-3)22(28)21-8-5-10-32-21)13-25-23(27)33(29,30)16-18-6-4-7-19(24)12-18/h4-8,10,12-13,17H,9,11,14-16H2,1-3H3. The molecule has 0 saturated carbocycles. The molecule has 0 N–H and O–H groups in total. The molecule has 10 heteroatoms. The second kappa shape index (κ2) is 11.0. The average molecular weight is 494 g/mol. The molecular formula is C23H28ClN3O5S. The third-order valence-corrected chi connectivity index (χ3v) is 6.74. The first-order valence-electron chi connectivity index (χ1n) is 10.5. The van der Waals surface area contributed by atoms with E-state index in [4.69, 9.17) is 20.8 Å². The minimum Gasteiger partial charge on any atom is -0.459 e. The van der Waals surface area contributed by atoms with Gasteiger partial charge in [0, 0.05) is 25.2 Å². The Morgan fingerprint density at radius 2 is 2.06 bits per heavy atom. The predicted molar refractivity (Wildman–Crippen MR) is 125 cm³/mol. The summed E-state index contributed by atoms with van der Waals surface area (Å²) < 4.78 is 38.6. The minimum absolute atomic E-state index is 0.0247. The number of aromatic nitrogens is 2. The number of furan rings is 1. The van der Waals surface area contributed by atoms with E-state index in [1.54, 1.807) is 53.0 Å². The van der Waals surface area contributed by atoms with Gasteiger partial charge in [0.05, 0.1) is 37.1 Å². The molecule has 178 valence electrons. The van der Waals surface area contributed by atoms with E-state index < -0.39 is 9.84 Å². The number of hydrogen-bond acceptors (Lipinski definition) is 6. The second-order valence-electron chi connectivity index (χ2n) is 8.12. The van der Waals surface area contributed by atoms with Crippen LogP contribution in [0.15, 0.2) is 58.4 Å². The highest BCUT2D eigenvalue weighted by molar-refractivity contribution is 7.90. The highest BCUT2D eigenvalue weighted by Gasteiger charge is 2.27. The number of methoxy groups -OCH3 is 1. The summed E-state index contributed by atoms with van der Waals surface area (Å²) in [7, 11) is -2.20. The second-order valence-corrected chi connectivity index (χ2v) is 10.4. The summed E-state index contributed by atoms with van der Waals surface area (Å²) in [5.74, 6) is -0.167. The number of rotatable bonds is 11. The van der Waals surface area contributed by atoms with Crippen molar-refractivity contribution in [3.8, 4) is 0 Å².